The van der Waals surface area contributed by atoms with E-state index in [0.29, 0.717) is 12.6 Å². The molecule has 1 atom stereocenters. The molecule has 1 heterocycles. The van der Waals surface area contributed by atoms with E-state index in [1.165, 1.54) is 6.42 Å². The predicted molar refractivity (Wildman–Crippen MR) is 46.5 cm³/mol. The van der Waals surface area contributed by atoms with Crippen molar-refractivity contribution < 1.29 is 5.11 Å². The second kappa shape index (κ2) is 4.52. The molecule has 0 amide bonds. The van der Waals surface area contributed by atoms with Crippen molar-refractivity contribution in [2.24, 2.45) is 0 Å². The third-order valence-electron chi connectivity index (χ3n) is 2.33. The first-order valence-corrected chi connectivity index (χ1v) is 4.34. The molecule has 1 aliphatic heterocycles. The van der Waals surface area contributed by atoms with Crippen molar-refractivity contribution in [3.63, 3.8) is 0 Å². The zero-order chi connectivity index (χ0) is 8.10. The zero-order valence-electron chi connectivity index (χ0n) is 7.00. The van der Waals surface area contributed by atoms with Gasteiger partial charge in [0.2, 0.25) is 0 Å². The Bertz CT molecular complexity index is 125. The third kappa shape index (κ3) is 2.31. The van der Waals surface area contributed by atoms with Crippen LogP contribution >= 0.6 is 0 Å². The number of nitrogens with zero attached hydrogens (tertiary/aromatic N) is 1. The van der Waals surface area contributed by atoms with Crippen LogP contribution in [0.5, 0.6) is 0 Å². The van der Waals surface area contributed by atoms with Gasteiger partial charge in [0, 0.05) is 12.6 Å². The average molecular weight is 155 g/mol. The SMILES string of the molecule is C=CCCN1CCC[C@@H]1CO. The number of rotatable bonds is 4. The first-order chi connectivity index (χ1) is 5.38. The lowest BCUT2D eigenvalue weighted by Gasteiger charge is -2.21. The minimum absolute atomic E-state index is 0.317. The highest BCUT2D eigenvalue weighted by molar-refractivity contribution is 4.80. The summed E-state index contributed by atoms with van der Waals surface area (Å²) in [5.41, 5.74) is 0. The molecule has 0 aromatic heterocycles. The number of likely N-dealkylation sites (tertiary alicyclic amines) is 1. The lowest BCUT2D eigenvalue weighted by atomic mass is 10.2. The van der Waals surface area contributed by atoms with E-state index >= 15 is 0 Å². The normalized spacial score (nSPS) is 25.7. The number of aliphatic hydroxyl groups excluding tert-OH is 1. The van der Waals surface area contributed by atoms with Crippen LogP contribution in [0.2, 0.25) is 0 Å². The van der Waals surface area contributed by atoms with Gasteiger partial charge in [0.05, 0.1) is 6.61 Å². The Morgan fingerprint density at radius 3 is 3.09 bits per heavy atom. The van der Waals surface area contributed by atoms with Gasteiger partial charge in [-0.25, -0.2) is 0 Å². The molecular weight excluding hydrogens is 138 g/mol. The largest absolute Gasteiger partial charge is 0.395 e. The molecule has 1 N–H and O–H groups in total. The highest BCUT2D eigenvalue weighted by atomic mass is 16.3. The molecule has 0 radical (unpaired) electrons. The van der Waals surface area contributed by atoms with Gasteiger partial charge in [-0.05, 0) is 25.8 Å². The van der Waals surface area contributed by atoms with E-state index < -0.39 is 0 Å². The van der Waals surface area contributed by atoms with Crippen molar-refractivity contribution in [3.8, 4) is 0 Å². The second-order valence-electron chi connectivity index (χ2n) is 3.09. The fraction of sp³-hybridized carbons (Fsp3) is 0.778. The fourth-order valence-electron chi connectivity index (χ4n) is 1.65. The van der Waals surface area contributed by atoms with Gasteiger partial charge in [-0.1, -0.05) is 6.08 Å². The van der Waals surface area contributed by atoms with E-state index in [0.717, 1.165) is 25.9 Å². The molecule has 11 heavy (non-hydrogen) atoms. The van der Waals surface area contributed by atoms with Crippen LogP contribution in [0.4, 0.5) is 0 Å². The molecule has 2 nitrogen and oxygen atoms in total. The third-order valence-corrected chi connectivity index (χ3v) is 2.33. The summed E-state index contributed by atoms with van der Waals surface area (Å²) in [6, 6.07) is 0.426. The van der Waals surface area contributed by atoms with Crippen LogP contribution in [-0.4, -0.2) is 35.7 Å². The Labute approximate surface area is 68.5 Å². The Kier molecular flexibility index (Phi) is 3.60. The van der Waals surface area contributed by atoms with Gasteiger partial charge in [0.15, 0.2) is 0 Å². The number of hydrogen-bond acceptors (Lipinski definition) is 2. The molecule has 0 aromatic carbocycles. The van der Waals surface area contributed by atoms with Crippen LogP contribution < -0.4 is 0 Å². The van der Waals surface area contributed by atoms with Crippen LogP contribution in [0.15, 0.2) is 12.7 Å². The first-order valence-electron chi connectivity index (χ1n) is 4.34. The summed E-state index contributed by atoms with van der Waals surface area (Å²) in [5.74, 6) is 0. The van der Waals surface area contributed by atoms with Gasteiger partial charge < -0.3 is 5.11 Å². The van der Waals surface area contributed by atoms with Crippen molar-refractivity contribution in [1.82, 2.24) is 4.90 Å². The van der Waals surface area contributed by atoms with Crippen LogP contribution in [0.1, 0.15) is 19.3 Å². The maximum Gasteiger partial charge on any atom is 0.0586 e. The zero-order valence-corrected chi connectivity index (χ0v) is 7.00. The monoisotopic (exact) mass is 155 g/mol. The Hall–Kier alpha value is -0.340. The molecule has 0 bridgehead atoms. The van der Waals surface area contributed by atoms with Gasteiger partial charge in [-0.2, -0.15) is 0 Å². The van der Waals surface area contributed by atoms with Crippen molar-refractivity contribution in [3.05, 3.63) is 12.7 Å². The molecule has 0 unspecified atom stereocenters. The Balaban J connectivity index is 2.25. The molecule has 0 aliphatic carbocycles. The number of hydrogen-bond donors (Lipinski definition) is 1. The Morgan fingerprint density at radius 2 is 2.45 bits per heavy atom. The van der Waals surface area contributed by atoms with Crippen LogP contribution in [0, 0.1) is 0 Å². The maximum atomic E-state index is 8.97. The smallest absolute Gasteiger partial charge is 0.0586 e. The molecule has 2 heteroatoms. The van der Waals surface area contributed by atoms with Gasteiger partial charge in [0.25, 0.3) is 0 Å². The molecule has 0 spiro atoms. The van der Waals surface area contributed by atoms with E-state index in [9.17, 15) is 0 Å². The van der Waals surface area contributed by atoms with E-state index in [4.69, 9.17) is 5.11 Å². The van der Waals surface area contributed by atoms with Gasteiger partial charge >= 0.3 is 0 Å². The summed E-state index contributed by atoms with van der Waals surface area (Å²) in [7, 11) is 0. The topological polar surface area (TPSA) is 23.5 Å². The van der Waals surface area contributed by atoms with Gasteiger partial charge in [0.1, 0.15) is 0 Å². The molecule has 1 fully saturated rings. The van der Waals surface area contributed by atoms with E-state index in [-0.39, 0.29) is 0 Å². The summed E-state index contributed by atoms with van der Waals surface area (Å²) in [4.78, 5) is 2.35. The molecule has 1 saturated heterocycles. The van der Waals surface area contributed by atoms with Crippen molar-refractivity contribution in [2.75, 3.05) is 19.7 Å². The standard InChI is InChI=1S/C9H17NO/c1-2-3-6-10-7-4-5-9(10)8-11/h2,9,11H,1,3-8H2/t9-/m1/s1. The minimum Gasteiger partial charge on any atom is -0.395 e. The summed E-state index contributed by atoms with van der Waals surface area (Å²) < 4.78 is 0. The van der Waals surface area contributed by atoms with Crippen LogP contribution in [-0.2, 0) is 0 Å². The molecule has 1 rings (SSSR count). The molecular formula is C9H17NO. The highest BCUT2D eigenvalue weighted by Crippen LogP contribution is 2.16. The van der Waals surface area contributed by atoms with Gasteiger partial charge in [-0.3, -0.25) is 4.90 Å². The first kappa shape index (κ1) is 8.75. The maximum absolute atomic E-state index is 8.97. The molecule has 0 saturated carbocycles. The lowest BCUT2D eigenvalue weighted by molar-refractivity contribution is 0.161. The fourth-order valence-corrected chi connectivity index (χ4v) is 1.65. The van der Waals surface area contributed by atoms with E-state index in [1.54, 1.807) is 0 Å². The average Bonchev–Trinajstić information content (AvgIpc) is 2.47. The summed E-state index contributed by atoms with van der Waals surface area (Å²) in [6.07, 6.45) is 5.37. The van der Waals surface area contributed by atoms with Crippen molar-refractivity contribution in [2.45, 2.75) is 25.3 Å². The summed E-state index contributed by atoms with van der Waals surface area (Å²) in [5, 5.41) is 8.97. The predicted octanol–water partition coefficient (Wildman–Crippen LogP) is 1.02. The lowest BCUT2D eigenvalue weighted by Crippen LogP contribution is -2.32. The number of aliphatic hydroxyl groups is 1. The molecule has 1 aliphatic rings. The van der Waals surface area contributed by atoms with Gasteiger partial charge in [-0.15, -0.1) is 6.58 Å². The van der Waals surface area contributed by atoms with Crippen molar-refractivity contribution >= 4 is 0 Å². The second-order valence-corrected chi connectivity index (χ2v) is 3.09. The molecule has 0 aromatic rings. The minimum atomic E-state index is 0.317. The summed E-state index contributed by atoms with van der Waals surface area (Å²) in [6.45, 7) is 6.22. The van der Waals surface area contributed by atoms with E-state index in [1.807, 2.05) is 6.08 Å². The highest BCUT2D eigenvalue weighted by Gasteiger charge is 2.22. The van der Waals surface area contributed by atoms with E-state index in [2.05, 4.69) is 11.5 Å². The Morgan fingerprint density at radius 1 is 1.64 bits per heavy atom. The summed E-state index contributed by atoms with van der Waals surface area (Å²) >= 11 is 0. The molecule has 64 valence electrons. The van der Waals surface area contributed by atoms with Crippen LogP contribution in [0.25, 0.3) is 0 Å². The van der Waals surface area contributed by atoms with Crippen molar-refractivity contribution in [1.29, 1.82) is 0 Å². The van der Waals surface area contributed by atoms with Crippen LogP contribution in [0.3, 0.4) is 0 Å². The quantitative estimate of drug-likeness (QED) is 0.613.